The molecule has 1 saturated carbocycles. The Hall–Kier alpha value is 0.830. The molecule has 16 heavy (non-hydrogen) atoms. The fourth-order valence-electron chi connectivity index (χ4n) is 2.29. The zero-order valence-corrected chi connectivity index (χ0v) is 15.9. The molecular weight excluding hydrogens is 297 g/mol. The topological polar surface area (TPSA) is 3.24 Å². The molecule has 0 saturated heterocycles. The summed E-state index contributed by atoms with van der Waals surface area (Å²) < 4.78 is 7.13. The third-order valence-electron chi connectivity index (χ3n) is 3.37. The van der Waals surface area contributed by atoms with Crippen molar-refractivity contribution < 1.29 is 0 Å². The average Bonchev–Trinajstić information content (AvgIpc) is 2.42. The molecule has 0 bridgehead atoms. The molecule has 1 rings (SSSR count). The minimum absolute atomic E-state index is 0.637. The first-order valence-electron chi connectivity index (χ1n) is 6.97. The van der Waals surface area contributed by atoms with Crippen LogP contribution in [-0.2, 0) is 0 Å². The standard InChI is InChI=1S/C11H23N.3CH3.In/c1-9-7-11(8-10(9)2)5-6-12(3)4;;;;/h9-11H,5-8H2,1-4H3;3*1H3;. The first-order chi connectivity index (χ1) is 7.32. The van der Waals surface area contributed by atoms with Crippen molar-refractivity contribution in [3.63, 3.8) is 0 Å². The Labute approximate surface area is 112 Å². The van der Waals surface area contributed by atoms with E-state index in [4.69, 9.17) is 0 Å². The maximum absolute atomic E-state index is 2.40. The Morgan fingerprint density at radius 1 is 1.00 bits per heavy atom. The van der Waals surface area contributed by atoms with Crippen LogP contribution in [-0.4, -0.2) is 47.0 Å². The van der Waals surface area contributed by atoms with Crippen molar-refractivity contribution in [2.75, 3.05) is 20.6 Å². The second-order valence-electron chi connectivity index (χ2n) is 6.62. The van der Waals surface area contributed by atoms with E-state index >= 15 is 0 Å². The molecule has 0 N–H and O–H groups in total. The van der Waals surface area contributed by atoms with Crippen LogP contribution in [0.25, 0.3) is 0 Å². The molecule has 0 heterocycles. The molecule has 1 aliphatic rings. The number of hydrogen-bond donors (Lipinski definition) is 0. The van der Waals surface area contributed by atoms with Crippen LogP contribution in [0.15, 0.2) is 0 Å². The van der Waals surface area contributed by atoms with Crippen LogP contribution in [0.1, 0.15) is 33.1 Å². The molecule has 96 valence electrons. The van der Waals surface area contributed by atoms with Crippen LogP contribution < -0.4 is 0 Å². The van der Waals surface area contributed by atoms with Crippen molar-refractivity contribution in [1.29, 1.82) is 0 Å². The fraction of sp³-hybridized carbons (Fsp3) is 1.00. The van der Waals surface area contributed by atoms with Crippen molar-refractivity contribution >= 4 is 21.4 Å². The summed E-state index contributed by atoms with van der Waals surface area (Å²) in [4.78, 5) is 2.30. The van der Waals surface area contributed by atoms with Gasteiger partial charge in [0.1, 0.15) is 0 Å². The van der Waals surface area contributed by atoms with Gasteiger partial charge in [-0.05, 0) is 57.7 Å². The molecule has 2 heteroatoms. The Kier molecular flexibility index (Phi) is 9.31. The predicted octanol–water partition coefficient (Wildman–Crippen LogP) is 3.99. The molecule has 0 amide bonds. The number of nitrogens with zero attached hydrogens (tertiary/aromatic N) is 1. The molecule has 0 aromatic carbocycles. The molecule has 0 aliphatic heterocycles. The van der Waals surface area contributed by atoms with Crippen LogP contribution in [0.3, 0.4) is 0 Å². The molecular formula is C14H32InN. The SMILES string of the molecule is CC1CC(CCN(C)C)CC1C.[CH3][In]([CH3])[CH3]. The third-order valence-corrected chi connectivity index (χ3v) is 3.37. The number of hydrogen-bond acceptors (Lipinski definition) is 1. The quantitative estimate of drug-likeness (QED) is 0.757. The first-order valence-corrected chi connectivity index (χ1v) is 16.9. The van der Waals surface area contributed by atoms with Gasteiger partial charge in [0.05, 0.1) is 0 Å². The fourth-order valence-corrected chi connectivity index (χ4v) is 2.29. The van der Waals surface area contributed by atoms with Crippen LogP contribution >= 0.6 is 0 Å². The summed E-state index contributed by atoms with van der Waals surface area (Å²) in [5, 5.41) is 0. The van der Waals surface area contributed by atoms with E-state index in [0.717, 1.165) is 17.8 Å². The van der Waals surface area contributed by atoms with Crippen molar-refractivity contribution in [2.24, 2.45) is 17.8 Å². The van der Waals surface area contributed by atoms with Crippen LogP contribution in [0, 0.1) is 17.8 Å². The van der Waals surface area contributed by atoms with Gasteiger partial charge in [0.15, 0.2) is 0 Å². The summed E-state index contributed by atoms with van der Waals surface area (Å²) in [6.45, 7) is 6.07. The average molecular weight is 329 g/mol. The normalized spacial score (nSPS) is 28.9. The van der Waals surface area contributed by atoms with Crippen molar-refractivity contribution in [3.05, 3.63) is 0 Å². The van der Waals surface area contributed by atoms with Gasteiger partial charge in [-0.15, -0.1) is 0 Å². The Morgan fingerprint density at radius 2 is 1.38 bits per heavy atom. The summed E-state index contributed by atoms with van der Waals surface area (Å²) >= 11 is -0.637. The molecule has 0 radical (unpaired) electrons. The summed E-state index contributed by atoms with van der Waals surface area (Å²) in [6.07, 6.45) is 4.34. The van der Waals surface area contributed by atoms with E-state index in [-0.39, 0.29) is 0 Å². The molecule has 1 aliphatic carbocycles. The van der Waals surface area contributed by atoms with Crippen LogP contribution in [0.2, 0.25) is 14.0 Å². The summed E-state index contributed by atoms with van der Waals surface area (Å²) in [5.74, 6) is 2.95. The molecule has 0 aromatic heterocycles. The van der Waals surface area contributed by atoms with Crippen molar-refractivity contribution in [1.82, 2.24) is 4.90 Å². The van der Waals surface area contributed by atoms with E-state index in [0.29, 0.717) is 0 Å². The van der Waals surface area contributed by atoms with Crippen molar-refractivity contribution in [2.45, 2.75) is 47.2 Å². The maximum atomic E-state index is 2.40. The second-order valence-corrected chi connectivity index (χ2v) is 16.5. The molecule has 1 nitrogen and oxygen atoms in total. The van der Waals surface area contributed by atoms with E-state index < -0.39 is 21.4 Å². The van der Waals surface area contributed by atoms with Gasteiger partial charge in [0.2, 0.25) is 0 Å². The zero-order valence-electron chi connectivity index (χ0n) is 12.6. The number of rotatable bonds is 3. The van der Waals surface area contributed by atoms with E-state index in [1.165, 1.54) is 25.8 Å². The van der Waals surface area contributed by atoms with Gasteiger partial charge in [-0.25, -0.2) is 0 Å². The third kappa shape index (κ3) is 8.92. The predicted molar refractivity (Wildman–Crippen MR) is 77.6 cm³/mol. The molecule has 0 spiro atoms. The van der Waals surface area contributed by atoms with Gasteiger partial charge in [0, 0.05) is 0 Å². The van der Waals surface area contributed by atoms with Gasteiger partial charge in [0.25, 0.3) is 0 Å². The van der Waals surface area contributed by atoms with E-state index in [2.05, 4.69) is 46.9 Å². The van der Waals surface area contributed by atoms with E-state index in [1.807, 2.05) is 0 Å². The molecule has 1 fully saturated rings. The first kappa shape index (κ1) is 16.8. The van der Waals surface area contributed by atoms with Gasteiger partial charge in [-0.2, -0.15) is 0 Å². The summed E-state index contributed by atoms with van der Waals surface area (Å²) in [6, 6.07) is 0. The molecule has 2 unspecified atom stereocenters. The van der Waals surface area contributed by atoms with E-state index in [1.54, 1.807) is 0 Å². The Morgan fingerprint density at radius 3 is 1.69 bits per heavy atom. The molecule has 2 atom stereocenters. The monoisotopic (exact) mass is 329 g/mol. The van der Waals surface area contributed by atoms with Gasteiger partial charge >= 0.3 is 35.5 Å². The van der Waals surface area contributed by atoms with Gasteiger partial charge < -0.3 is 4.90 Å². The van der Waals surface area contributed by atoms with Gasteiger partial charge in [-0.1, -0.05) is 13.8 Å². The van der Waals surface area contributed by atoms with E-state index in [9.17, 15) is 0 Å². The van der Waals surface area contributed by atoms with Crippen molar-refractivity contribution in [3.8, 4) is 0 Å². The van der Waals surface area contributed by atoms with Crippen LogP contribution in [0.5, 0.6) is 0 Å². The van der Waals surface area contributed by atoms with Gasteiger partial charge in [-0.3, -0.25) is 0 Å². The Bertz CT molecular complexity index is 155. The molecule has 0 aromatic rings. The zero-order chi connectivity index (χ0) is 12.7. The Balaban J connectivity index is 0.000000487. The minimum atomic E-state index is -0.637. The summed E-state index contributed by atoms with van der Waals surface area (Å²) in [7, 11) is 4.34. The second kappa shape index (κ2) is 8.85. The summed E-state index contributed by atoms with van der Waals surface area (Å²) in [5.41, 5.74) is 0. The van der Waals surface area contributed by atoms with Crippen LogP contribution in [0.4, 0.5) is 0 Å².